The number of benzene rings is 1. The number of hydrogen-bond acceptors (Lipinski definition) is 2. The molecule has 20 heavy (non-hydrogen) atoms. The van der Waals surface area contributed by atoms with Crippen LogP contribution in [0.15, 0.2) is 18.2 Å². The summed E-state index contributed by atoms with van der Waals surface area (Å²) in [4.78, 5) is 14.7. The Morgan fingerprint density at radius 1 is 1.45 bits per heavy atom. The highest BCUT2D eigenvalue weighted by molar-refractivity contribution is 5.97. The number of fused-ring (bicyclic) bond motifs is 1. The van der Waals surface area contributed by atoms with Gasteiger partial charge in [-0.2, -0.15) is 0 Å². The maximum atomic E-state index is 12.7. The van der Waals surface area contributed by atoms with Gasteiger partial charge in [0.15, 0.2) is 0 Å². The number of halogens is 1. The second kappa shape index (κ2) is 6.49. The van der Waals surface area contributed by atoms with E-state index in [0.717, 1.165) is 50.1 Å². The van der Waals surface area contributed by atoms with Crippen LogP contribution in [0.3, 0.4) is 0 Å². The van der Waals surface area contributed by atoms with Gasteiger partial charge in [-0.25, -0.2) is 0 Å². The van der Waals surface area contributed by atoms with Gasteiger partial charge in [0.25, 0.3) is 5.91 Å². The van der Waals surface area contributed by atoms with Crippen molar-refractivity contribution in [3.8, 4) is 0 Å². The van der Waals surface area contributed by atoms with Crippen LogP contribution in [-0.2, 0) is 6.42 Å². The maximum absolute atomic E-state index is 12.7. The summed E-state index contributed by atoms with van der Waals surface area (Å²) in [6.45, 7) is 5.10. The minimum atomic E-state index is 0. The van der Waals surface area contributed by atoms with Crippen LogP contribution in [0.2, 0.25) is 0 Å². The molecule has 3 nitrogen and oxygen atoms in total. The molecule has 0 spiro atoms. The molecule has 0 saturated carbocycles. The van der Waals surface area contributed by atoms with E-state index in [4.69, 9.17) is 0 Å². The van der Waals surface area contributed by atoms with Crippen molar-refractivity contribution in [3.05, 3.63) is 29.3 Å². The molecule has 0 bridgehead atoms. The molecule has 1 fully saturated rings. The standard InChI is InChI=1S/C16H22N2O.ClH/c1-2-12-8-10-18(11-12)16(19)14-5-3-7-15-13(14)6-4-9-17-15;/h3,5,7,12,17H,2,4,6,8-11H2,1H3;1H. The van der Waals surface area contributed by atoms with E-state index >= 15 is 0 Å². The van der Waals surface area contributed by atoms with Crippen LogP contribution >= 0.6 is 12.4 Å². The average Bonchev–Trinajstić information content (AvgIpc) is 2.95. The van der Waals surface area contributed by atoms with Gasteiger partial charge in [-0.3, -0.25) is 4.79 Å². The van der Waals surface area contributed by atoms with E-state index < -0.39 is 0 Å². The summed E-state index contributed by atoms with van der Waals surface area (Å²) in [6.07, 6.45) is 4.48. The number of hydrogen-bond donors (Lipinski definition) is 1. The first kappa shape index (κ1) is 15.2. The summed E-state index contributed by atoms with van der Waals surface area (Å²) in [6, 6.07) is 6.08. The fourth-order valence-electron chi connectivity index (χ4n) is 3.23. The quantitative estimate of drug-likeness (QED) is 0.907. The summed E-state index contributed by atoms with van der Waals surface area (Å²) in [5, 5.41) is 3.40. The summed E-state index contributed by atoms with van der Waals surface area (Å²) in [5.74, 6) is 0.929. The molecule has 2 aliphatic heterocycles. The van der Waals surface area contributed by atoms with E-state index in [1.54, 1.807) is 0 Å². The Morgan fingerprint density at radius 2 is 2.30 bits per heavy atom. The number of carbonyl (C=O) groups is 1. The Morgan fingerprint density at radius 3 is 3.05 bits per heavy atom. The van der Waals surface area contributed by atoms with Gasteiger partial charge < -0.3 is 10.2 Å². The molecule has 1 atom stereocenters. The van der Waals surface area contributed by atoms with Crippen molar-refractivity contribution in [2.75, 3.05) is 25.0 Å². The SMILES string of the molecule is CCC1CCN(C(=O)c2cccc3c2CCCN3)C1.Cl. The van der Waals surface area contributed by atoms with Crippen LogP contribution in [-0.4, -0.2) is 30.4 Å². The summed E-state index contributed by atoms with van der Waals surface area (Å²) in [7, 11) is 0. The van der Waals surface area contributed by atoms with E-state index in [1.807, 2.05) is 17.0 Å². The molecule has 1 aromatic carbocycles. The maximum Gasteiger partial charge on any atom is 0.254 e. The number of amides is 1. The highest BCUT2D eigenvalue weighted by atomic mass is 35.5. The fourth-order valence-corrected chi connectivity index (χ4v) is 3.23. The van der Waals surface area contributed by atoms with E-state index in [-0.39, 0.29) is 18.3 Å². The molecule has 1 N–H and O–H groups in total. The van der Waals surface area contributed by atoms with Crippen molar-refractivity contribution in [2.24, 2.45) is 5.92 Å². The van der Waals surface area contributed by atoms with Crippen molar-refractivity contribution in [3.63, 3.8) is 0 Å². The molecule has 1 saturated heterocycles. The molecule has 0 radical (unpaired) electrons. The van der Waals surface area contributed by atoms with Crippen molar-refractivity contribution >= 4 is 24.0 Å². The van der Waals surface area contributed by atoms with E-state index in [9.17, 15) is 4.79 Å². The molecule has 2 aliphatic rings. The smallest absolute Gasteiger partial charge is 0.254 e. The minimum absolute atomic E-state index is 0. The van der Waals surface area contributed by atoms with Crippen LogP contribution < -0.4 is 5.32 Å². The van der Waals surface area contributed by atoms with Crippen molar-refractivity contribution in [1.82, 2.24) is 4.90 Å². The zero-order valence-corrected chi connectivity index (χ0v) is 12.8. The predicted octanol–water partition coefficient (Wildman–Crippen LogP) is 3.34. The monoisotopic (exact) mass is 294 g/mol. The zero-order valence-electron chi connectivity index (χ0n) is 12.0. The average molecular weight is 295 g/mol. The number of anilines is 1. The normalized spacial score (nSPS) is 20.9. The van der Waals surface area contributed by atoms with Gasteiger partial charge in [-0.15, -0.1) is 12.4 Å². The summed E-state index contributed by atoms with van der Waals surface area (Å²) in [5.41, 5.74) is 3.29. The highest BCUT2D eigenvalue weighted by Gasteiger charge is 2.27. The molecule has 110 valence electrons. The van der Waals surface area contributed by atoms with Crippen LogP contribution in [0.1, 0.15) is 42.1 Å². The minimum Gasteiger partial charge on any atom is -0.385 e. The number of carbonyl (C=O) groups excluding carboxylic acids is 1. The highest BCUT2D eigenvalue weighted by Crippen LogP contribution is 2.28. The molecule has 1 aromatic rings. The predicted molar refractivity (Wildman–Crippen MR) is 84.8 cm³/mol. The first-order valence-corrected chi connectivity index (χ1v) is 7.44. The lowest BCUT2D eigenvalue weighted by atomic mass is 9.97. The first-order chi connectivity index (χ1) is 9.29. The Kier molecular flexibility index (Phi) is 4.92. The molecule has 0 aliphatic carbocycles. The third-order valence-electron chi connectivity index (χ3n) is 4.48. The van der Waals surface area contributed by atoms with Crippen LogP contribution in [0.25, 0.3) is 0 Å². The van der Waals surface area contributed by atoms with Gasteiger partial charge in [-0.05, 0) is 42.9 Å². The van der Waals surface area contributed by atoms with Crippen LogP contribution in [0.5, 0.6) is 0 Å². The van der Waals surface area contributed by atoms with E-state index in [0.29, 0.717) is 5.92 Å². The topological polar surface area (TPSA) is 32.3 Å². The largest absolute Gasteiger partial charge is 0.385 e. The van der Waals surface area contributed by atoms with Gasteiger partial charge in [0, 0.05) is 30.9 Å². The Labute approximate surface area is 127 Å². The molecule has 1 amide bonds. The number of nitrogens with one attached hydrogen (secondary N) is 1. The first-order valence-electron chi connectivity index (χ1n) is 7.44. The van der Waals surface area contributed by atoms with Gasteiger partial charge in [0.05, 0.1) is 0 Å². The van der Waals surface area contributed by atoms with Gasteiger partial charge >= 0.3 is 0 Å². The van der Waals surface area contributed by atoms with Crippen molar-refractivity contribution in [2.45, 2.75) is 32.6 Å². The third-order valence-corrected chi connectivity index (χ3v) is 4.48. The molecule has 1 unspecified atom stereocenters. The Bertz CT molecular complexity index is 489. The van der Waals surface area contributed by atoms with Gasteiger partial charge in [0.1, 0.15) is 0 Å². The second-order valence-electron chi connectivity index (χ2n) is 5.68. The van der Waals surface area contributed by atoms with Gasteiger partial charge in [0.2, 0.25) is 0 Å². The second-order valence-corrected chi connectivity index (χ2v) is 5.68. The number of nitrogens with zero attached hydrogens (tertiary/aromatic N) is 1. The molecule has 3 rings (SSSR count). The molecule has 2 heterocycles. The van der Waals surface area contributed by atoms with Gasteiger partial charge in [-0.1, -0.05) is 19.4 Å². The number of likely N-dealkylation sites (tertiary alicyclic amines) is 1. The summed E-state index contributed by atoms with van der Waals surface area (Å²) >= 11 is 0. The lowest BCUT2D eigenvalue weighted by Crippen LogP contribution is -2.30. The third kappa shape index (κ3) is 2.78. The fraction of sp³-hybridized carbons (Fsp3) is 0.562. The molecular formula is C16H23ClN2O. The molecule has 0 aromatic heterocycles. The lowest BCUT2D eigenvalue weighted by Gasteiger charge is -2.23. The van der Waals surface area contributed by atoms with Crippen molar-refractivity contribution < 1.29 is 4.79 Å². The van der Waals surface area contributed by atoms with Crippen LogP contribution in [0.4, 0.5) is 5.69 Å². The molecular weight excluding hydrogens is 272 g/mol. The van der Waals surface area contributed by atoms with E-state index in [2.05, 4.69) is 18.3 Å². The summed E-state index contributed by atoms with van der Waals surface area (Å²) < 4.78 is 0. The van der Waals surface area contributed by atoms with Crippen LogP contribution in [0, 0.1) is 5.92 Å². The molecule has 4 heteroatoms. The Balaban J connectivity index is 0.00000147. The zero-order chi connectivity index (χ0) is 13.2. The van der Waals surface area contributed by atoms with E-state index in [1.165, 1.54) is 12.0 Å². The lowest BCUT2D eigenvalue weighted by molar-refractivity contribution is 0.0786. The number of rotatable bonds is 2. The van der Waals surface area contributed by atoms with Crippen molar-refractivity contribution in [1.29, 1.82) is 0 Å². The Hall–Kier alpha value is -1.22.